The summed E-state index contributed by atoms with van der Waals surface area (Å²) in [5.74, 6) is 7.33. The van der Waals surface area contributed by atoms with Gasteiger partial charge in [0.1, 0.15) is 23.3 Å². The number of hydrogen-bond acceptors (Lipinski definition) is 7. The molecule has 3 N–H and O–H groups in total. The molecule has 0 saturated heterocycles. The average molecular weight is 551 g/mol. The normalized spacial score (nSPS) is 19.4. The van der Waals surface area contributed by atoms with Gasteiger partial charge >= 0.3 is 6.09 Å². The second-order valence-electron chi connectivity index (χ2n) is 11.6. The van der Waals surface area contributed by atoms with Crippen LogP contribution in [0.15, 0.2) is 30.5 Å². The molecule has 10 heteroatoms. The van der Waals surface area contributed by atoms with Gasteiger partial charge in [0.2, 0.25) is 11.9 Å². The second-order valence-corrected chi connectivity index (χ2v) is 11.6. The molecule has 1 heterocycles. The topological polar surface area (TPSA) is 108 Å². The number of halogens is 1. The number of nitrogens with zero attached hydrogens (tertiary/aromatic N) is 3. The van der Waals surface area contributed by atoms with Crippen LogP contribution >= 0.6 is 0 Å². The zero-order chi connectivity index (χ0) is 28.9. The van der Waals surface area contributed by atoms with Crippen LogP contribution in [0.3, 0.4) is 0 Å². The highest BCUT2D eigenvalue weighted by Gasteiger charge is 2.30. The molecule has 2 aliphatic carbocycles. The molecular weight excluding hydrogens is 511 g/mol. The number of rotatable bonds is 7. The van der Waals surface area contributed by atoms with Crippen LogP contribution in [0.2, 0.25) is 0 Å². The molecule has 1 aromatic heterocycles. The number of likely N-dealkylation sites (N-methyl/N-ethyl adjacent to an activating group) is 1. The number of ether oxygens (including phenoxy) is 1. The highest BCUT2D eigenvalue weighted by molar-refractivity contribution is 5.85. The van der Waals surface area contributed by atoms with Crippen molar-refractivity contribution in [3.05, 3.63) is 41.8 Å². The van der Waals surface area contributed by atoms with Crippen LogP contribution in [0.25, 0.3) is 0 Å². The fraction of sp³-hybridized carbons (Fsp3) is 0.533. The average Bonchev–Trinajstić information content (AvgIpc) is 3.72. The van der Waals surface area contributed by atoms with Crippen molar-refractivity contribution in [1.82, 2.24) is 20.2 Å². The Kier molecular flexibility index (Phi) is 9.13. The Labute approximate surface area is 235 Å². The summed E-state index contributed by atoms with van der Waals surface area (Å²) in [5.41, 5.74) is 0.782. The zero-order valence-electron chi connectivity index (χ0n) is 23.9. The molecule has 2 saturated carbocycles. The van der Waals surface area contributed by atoms with Gasteiger partial charge in [-0.15, -0.1) is 0 Å². The minimum atomic E-state index is -0.656. The summed E-state index contributed by atoms with van der Waals surface area (Å²) in [5, 5.41) is 9.64. The van der Waals surface area contributed by atoms with Gasteiger partial charge in [0, 0.05) is 30.7 Å². The summed E-state index contributed by atoms with van der Waals surface area (Å²) < 4.78 is 18.6. The molecule has 0 aliphatic heterocycles. The molecule has 0 bridgehead atoms. The van der Waals surface area contributed by atoms with Crippen molar-refractivity contribution in [2.45, 2.75) is 89.9 Å². The van der Waals surface area contributed by atoms with Crippen molar-refractivity contribution in [3.63, 3.8) is 0 Å². The highest BCUT2D eigenvalue weighted by atomic mass is 19.1. The van der Waals surface area contributed by atoms with E-state index in [1.807, 2.05) is 0 Å². The van der Waals surface area contributed by atoms with E-state index in [-0.39, 0.29) is 23.7 Å². The minimum Gasteiger partial charge on any atom is -0.444 e. The van der Waals surface area contributed by atoms with Crippen LogP contribution in [0.1, 0.15) is 71.8 Å². The van der Waals surface area contributed by atoms with Crippen molar-refractivity contribution in [2.75, 3.05) is 17.7 Å². The third-order valence-corrected chi connectivity index (χ3v) is 6.88. The number of hydrogen-bond donors (Lipinski definition) is 3. The number of benzene rings is 1. The number of aromatic nitrogens is 2. The Bertz CT molecular complexity index is 1260. The summed E-state index contributed by atoms with van der Waals surface area (Å²) in [4.78, 5) is 35.6. The Hall–Kier alpha value is -3.87. The molecule has 2 fully saturated rings. The molecule has 2 aliphatic rings. The molecule has 0 radical (unpaired) electrons. The number of amides is 2. The third-order valence-electron chi connectivity index (χ3n) is 6.88. The SMILES string of the molecule is C[C@@H](C(=O)N[C@H]1CCC[C@@H](C#Cc2cnc(Nc3ccc(F)cc3)nc2NC2CC2)C1)N(C)C(=O)OC(C)(C)C. The molecule has 4 rings (SSSR count). The fourth-order valence-electron chi connectivity index (χ4n) is 4.35. The lowest BCUT2D eigenvalue weighted by Gasteiger charge is -2.31. The van der Waals surface area contributed by atoms with E-state index in [2.05, 4.69) is 37.8 Å². The van der Waals surface area contributed by atoms with E-state index in [1.54, 1.807) is 53.1 Å². The van der Waals surface area contributed by atoms with Crippen LogP contribution in [0, 0.1) is 23.6 Å². The smallest absolute Gasteiger partial charge is 0.410 e. The first kappa shape index (κ1) is 29.1. The largest absolute Gasteiger partial charge is 0.444 e. The second kappa shape index (κ2) is 12.5. The molecular formula is C30H39FN6O3. The highest BCUT2D eigenvalue weighted by Crippen LogP contribution is 2.28. The van der Waals surface area contributed by atoms with Gasteiger partial charge in [-0.25, -0.2) is 14.2 Å². The minimum absolute atomic E-state index is 0.0161. The quantitative estimate of drug-likeness (QED) is 0.406. The van der Waals surface area contributed by atoms with Crippen LogP contribution in [-0.2, 0) is 9.53 Å². The van der Waals surface area contributed by atoms with Gasteiger partial charge in [-0.1, -0.05) is 18.3 Å². The van der Waals surface area contributed by atoms with Gasteiger partial charge in [-0.2, -0.15) is 4.98 Å². The van der Waals surface area contributed by atoms with E-state index >= 15 is 0 Å². The summed E-state index contributed by atoms with van der Waals surface area (Å²) in [6, 6.07) is 5.74. The predicted octanol–water partition coefficient (Wildman–Crippen LogP) is 5.22. The summed E-state index contributed by atoms with van der Waals surface area (Å²) >= 11 is 0. The molecule has 9 nitrogen and oxygen atoms in total. The maximum Gasteiger partial charge on any atom is 0.410 e. The zero-order valence-corrected chi connectivity index (χ0v) is 23.9. The lowest BCUT2D eigenvalue weighted by atomic mass is 9.86. The first-order valence-corrected chi connectivity index (χ1v) is 13.9. The van der Waals surface area contributed by atoms with Crippen LogP contribution in [-0.4, -0.2) is 57.6 Å². The van der Waals surface area contributed by atoms with Crippen LogP contribution < -0.4 is 16.0 Å². The van der Waals surface area contributed by atoms with Crippen molar-refractivity contribution >= 4 is 29.5 Å². The predicted molar refractivity (Wildman–Crippen MR) is 153 cm³/mol. The van der Waals surface area contributed by atoms with Crippen molar-refractivity contribution in [3.8, 4) is 11.8 Å². The fourth-order valence-corrected chi connectivity index (χ4v) is 4.35. The third kappa shape index (κ3) is 8.57. The molecule has 0 spiro atoms. The summed E-state index contributed by atoms with van der Waals surface area (Å²) in [6.07, 6.45) is 6.85. The van der Waals surface area contributed by atoms with E-state index in [9.17, 15) is 14.0 Å². The monoisotopic (exact) mass is 550 g/mol. The lowest BCUT2D eigenvalue weighted by Crippen LogP contribution is -2.50. The number of anilines is 3. The van der Waals surface area contributed by atoms with Crippen LogP contribution in [0.4, 0.5) is 26.6 Å². The van der Waals surface area contributed by atoms with E-state index < -0.39 is 17.7 Å². The maximum absolute atomic E-state index is 13.2. The molecule has 3 atom stereocenters. The summed E-state index contributed by atoms with van der Waals surface area (Å²) in [7, 11) is 1.57. The van der Waals surface area contributed by atoms with Gasteiger partial charge in [0.25, 0.3) is 0 Å². The van der Waals surface area contributed by atoms with E-state index in [0.717, 1.165) is 44.1 Å². The van der Waals surface area contributed by atoms with E-state index in [1.165, 1.54) is 17.0 Å². The van der Waals surface area contributed by atoms with E-state index in [4.69, 9.17) is 4.74 Å². The van der Waals surface area contributed by atoms with Crippen LogP contribution in [0.5, 0.6) is 0 Å². The number of carbonyl (C=O) groups excluding carboxylic acids is 2. The maximum atomic E-state index is 13.2. The van der Waals surface area contributed by atoms with Crippen molar-refractivity contribution < 1.29 is 18.7 Å². The van der Waals surface area contributed by atoms with Gasteiger partial charge < -0.3 is 20.7 Å². The van der Waals surface area contributed by atoms with Crippen molar-refractivity contribution in [2.24, 2.45) is 5.92 Å². The Morgan fingerprint density at radius 1 is 1.12 bits per heavy atom. The van der Waals surface area contributed by atoms with Gasteiger partial charge in [-0.3, -0.25) is 9.69 Å². The first-order valence-electron chi connectivity index (χ1n) is 13.9. The summed E-state index contributed by atoms with van der Waals surface area (Å²) in [6.45, 7) is 7.08. The van der Waals surface area contributed by atoms with Gasteiger partial charge in [0.15, 0.2) is 0 Å². The van der Waals surface area contributed by atoms with Crippen molar-refractivity contribution in [1.29, 1.82) is 0 Å². The van der Waals surface area contributed by atoms with Gasteiger partial charge in [-0.05, 0) is 84.1 Å². The van der Waals surface area contributed by atoms with E-state index in [0.29, 0.717) is 23.5 Å². The molecule has 40 heavy (non-hydrogen) atoms. The molecule has 0 unspecified atom stereocenters. The molecule has 1 aromatic carbocycles. The molecule has 214 valence electrons. The molecule has 2 aromatic rings. The standard InChI is InChI=1S/C30H39FN6O3/c1-19(37(5)29(39)40-30(2,3)4)27(38)34-25-8-6-7-20(17-25)9-10-21-18-32-28(36-26(21)33-23-15-16-23)35-24-13-11-22(31)12-14-24/h11-14,18-20,23,25H,6-8,15-17H2,1-5H3,(H,34,38)(H2,32,33,35,36)/t19-,20-,25-/m0/s1. The number of carbonyl (C=O) groups is 2. The number of nitrogens with one attached hydrogen (secondary N) is 3. The Morgan fingerprint density at radius 3 is 2.52 bits per heavy atom. The lowest BCUT2D eigenvalue weighted by molar-refractivity contribution is -0.126. The van der Waals surface area contributed by atoms with Gasteiger partial charge in [0.05, 0.1) is 11.8 Å². The Morgan fingerprint density at radius 2 is 1.85 bits per heavy atom. The first-order chi connectivity index (χ1) is 19.0. The Balaban J connectivity index is 1.38. The molecule has 2 amide bonds.